The Morgan fingerprint density at radius 1 is 0.944 bits per heavy atom. The molecule has 2 aromatic carbocycles. The maximum atomic E-state index is 13.9. The highest BCUT2D eigenvalue weighted by molar-refractivity contribution is 6.23. The summed E-state index contributed by atoms with van der Waals surface area (Å²) in [6, 6.07) is 16.4. The smallest absolute Gasteiger partial charge is 0.318 e. The van der Waals surface area contributed by atoms with E-state index in [1.54, 1.807) is 17.0 Å². The SMILES string of the molecule is Cc1ccc(N2C(=O)C[C@@H](N(CCc3ccccc3)C(=O)NC34CC5CC(CC(C5)C3)C4)C2=O)cc1. The Morgan fingerprint density at radius 3 is 2.17 bits per heavy atom. The van der Waals surface area contributed by atoms with Crippen LogP contribution in [-0.2, 0) is 16.0 Å². The van der Waals surface area contributed by atoms with Gasteiger partial charge in [0.1, 0.15) is 6.04 Å². The molecule has 5 aliphatic rings. The topological polar surface area (TPSA) is 69.7 Å². The van der Waals surface area contributed by atoms with Crippen LogP contribution in [0.15, 0.2) is 54.6 Å². The van der Waals surface area contributed by atoms with E-state index in [0.717, 1.165) is 30.4 Å². The molecule has 1 atom stereocenters. The van der Waals surface area contributed by atoms with E-state index >= 15 is 0 Å². The van der Waals surface area contributed by atoms with Crippen LogP contribution in [-0.4, -0.2) is 40.9 Å². The first-order valence-corrected chi connectivity index (χ1v) is 13.5. The van der Waals surface area contributed by atoms with Crippen LogP contribution in [0.1, 0.15) is 56.1 Å². The van der Waals surface area contributed by atoms with Crippen LogP contribution in [0.5, 0.6) is 0 Å². The van der Waals surface area contributed by atoms with Crippen molar-refractivity contribution in [1.82, 2.24) is 10.2 Å². The molecule has 7 rings (SSSR count). The number of nitrogens with zero attached hydrogens (tertiary/aromatic N) is 2. The number of rotatable bonds is 6. The monoisotopic (exact) mass is 485 g/mol. The van der Waals surface area contributed by atoms with Gasteiger partial charge in [-0.2, -0.15) is 0 Å². The quantitative estimate of drug-likeness (QED) is 0.595. The summed E-state index contributed by atoms with van der Waals surface area (Å²) in [5.41, 5.74) is 2.59. The molecule has 0 spiro atoms. The molecule has 6 nitrogen and oxygen atoms in total. The highest BCUT2D eigenvalue weighted by Crippen LogP contribution is 2.55. The molecule has 2 aromatic rings. The number of carbonyl (C=O) groups is 3. The minimum Gasteiger partial charge on any atom is -0.333 e. The van der Waals surface area contributed by atoms with E-state index in [1.807, 2.05) is 49.4 Å². The van der Waals surface area contributed by atoms with Gasteiger partial charge in [-0.15, -0.1) is 0 Å². The molecule has 4 aliphatic carbocycles. The predicted molar refractivity (Wildman–Crippen MR) is 138 cm³/mol. The lowest BCUT2D eigenvalue weighted by molar-refractivity contribution is -0.122. The molecule has 0 unspecified atom stereocenters. The largest absolute Gasteiger partial charge is 0.333 e. The maximum Gasteiger partial charge on any atom is 0.318 e. The summed E-state index contributed by atoms with van der Waals surface area (Å²) in [5.74, 6) is 1.57. The van der Waals surface area contributed by atoms with E-state index in [1.165, 1.54) is 24.2 Å². The summed E-state index contributed by atoms with van der Waals surface area (Å²) < 4.78 is 0. The lowest BCUT2D eigenvalue weighted by Crippen LogP contribution is -2.63. The highest BCUT2D eigenvalue weighted by atomic mass is 16.2. The van der Waals surface area contributed by atoms with Crippen molar-refractivity contribution in [2.45, 2.75) is 69.9 Å². The molecule has 5 fully saturated rings. The summed E-state index contributed by atoms with van der Waals surface area (Å²) in [6.07, 6.45) is 7.70. The number of hydrogen-bond acceptors (Lipinski definition) is 3. The van der Waals surface area contributed by atoms with Gasteiger partial charge in [-0.05, 0) is 87.3 Å². The Hall–Kier alpha value is -3.15. The van der Waals surface area contributed by atoms with Gasteiger partial charge in [-0.25, -0.2) is 9.69 Å². The van der Waals surface area contributed by atoms with E-state index < -0.39 is 6.04 Å². The van der Waals surface area contributed by atoms with Crippen molar-refractivity contribution in [2.75, 3.05) is 11.4 Å². The van der Waals surface area contributed by atoms with Crippen molar-refractivity contribution < 1.29 is 14.4 Å². The number of amides is 4. The van der Waals surface area contributed by atoms with E-state index in [4.69, 9.17) is 0 Å². The van der Waals surface area contributed by atoms with E-state index in [2.05, 4.69) is 5.32 Å². The number of hydrogen-bond donors (Lipinski definition) is 1. The second kappa shape index (κ2) is 9.06. The second-order valence-electron chi connectivity index (χ2n) is 11.7. The summed E-state index contributed by atoms with van der Waals surface area (Å²) in [5, 5.41) is 3.44. The number of urea groups is 1. The number of nitrogens with one attached hydrogen (secondary N) is 1. The average Bonchev–Trinajstić information content (AvgIpc) is 3.13. The molecule has 188 valence electrons. The maximum absolute atomic E-state index is 13.9. The number of anilines is 1. The molecule has 1 aliphatic heterocycles. The van der Waals surface area contributed by atoms with Crippen LogP contribution in [0.3, 0.4) is 0 Å². The van der Waals surface area contributed by atoms with Crippen molar-refractivity contribution >= 4 is 23.5 Å². The van der Waals surface area contributed by atoms with E-state index in [-0.39, 0.29) is 29.8 Å². The Bertz CT molecular complexity index is 1120. The van der Waals surface area contributed by atoms with Gasteiger partial charge in [0, 0.05) is 12.1 Å². The standard InChI is InChI=1S/C30H35N3O3/c1-20-7-9-25(10-8-20)33-27(34)16-26(28(33)35)32(12-11-21-5-3-2-4-6-21)29(36)31-30-17-22-13-23(18-30)15-24(14-22)19-30/h2-10,22-24,26H,11-19H2,1H3,(H,31,36)/t22?,23?,24?,26-,30?/m1/s1. The first kappa shape index (κ1) is 23.3. The fourth-order valence-corrected chi connectivity index (χ4v) is 7.68. The molecular formula is C30H35N3O3. The van der Waals surface area contributed by atoms with Crippen LogP contribution in [0.4, 0.5) is 10.5 Å². The van der Waals surface area contributed by atoms with Crippen LogP contribution in [0.25, 0.3) is 0 Å². The number of carbonyl (C=O) groups excluding carboxylic acids is 3. The first-order chi connectivity index (χ1) is 17.4. The van der Waals surface area contributed by atoms with Gasteiger partial charge >= 0.3 is 6.03 Å². The third kappa shape index (κ3) is 4.31. The number of imide groups is 1. The van der Waals surface area contributed by atoms with Gasteiger partial charge < -0.3 is 10.2 Å². The normalized spacial score (nSPS) is 30.6. The fraction of sp³-hybridized carbons (Fsp3) is 0.500. The zero-order valence-corrected chi connectivity index (χ0v) is 21.0. The van der Waals surface area contributed by atoms with Gasteiger partial charge in [-0.1, -0.05) is 48.0 Å². The van der Waals surface area contributed by atoms with Crippen LogP contribution >= 0.6 is 0 Å². The molecule has 1 saturated heterocycles. The minimum atomic E-state index is -0.781. The third-order valence-corrected chi connectivity index (χ3v) is 8.95. The van der Waals surface area contributed by atoms with E-state index in [9.17, 15) is 14.4 Å². The van der Waals surface area contributed by atoms with Gasteiger partial charge in [0.15, 0.2) is 0 Å². The molecule has 0 aromatic heterocycles. The fourth-order valence-electron chi connectivity index (χ4n) is 7.68. The summed E-state index contributed by atoms with van der Waals surface area (Å²) >= 11 is 0. The van der Waals surface area contributed by atoms with Crippen LogP contribution < -0.4 is 10.2 Å². The van der Waals surface area contributed by atoms with Crippen molar-refractivity contribution in [3.63, 3.8) is 0 Å². The lowest BCUT2D eigenvalue weighted by atomic mass is 9.53. The van der Waals surface area contributed by atoms with Crippen molar-refractivity contribution in [1.29, 1.82) is 0 Å². The number of aryl methyl sites for hydroxylation is 1. The lowest BCUT2D eigenvalue weighted by Gasteiger charge is -2.57. The van der Waals surface area contributed by atoms with Crippen LogP contribution in [0.2, 0.25) is 0 Å². The summed E-state index contributed by atoms with van der Waals surface area (Å²) in [7, 11) is 0. The van der Waals surface area contributed by atoms with Crippen molar-refractivity contribution in [3.8, 4) is 0 Å². The Balaban J connectivity index is 1.25. The summed E-state index contributed by atoms with van der Waals surface area (Å²) in [6.45, 7) is 2.37. The first-order valence-electron chi connectivity index (χ1n) is 13.5. The zero-order valence-electron chi connectivity index (χ0n) is 21.0. The molecule has 6 heteroatoms. The zero-order chi connectivity index (χ0) is 24.9. The van der Waals surface area contributed by atoms with Gasteiger partial charge in [0.25, 0.3) is 5.91 Å². The highest BCUT2D eigenvalue weighted by Gasteiger charge is 2.53. The van der Waals surface area contributed by atoms with Gasteiger partial charge in [-0.3, -0.25) is 9.59 Å². The molecule has 1 heterocycles. The Morgan fingerprint density at radius 2 is 1.56 bits per heavy atom. The molecule has 4 saturated carbocycles. The van der Waals surface area contributed by atoms with Crippen molar-refractivity contribution in [3.05, 3.63) is 65.7 Å². The predicted octanol–water partition coefficient (Wildman–Crippen LogP) is 4.85. The summed E-state index contributed by atoms with van der Waals surface area (Å²) in [4.78, 5) is 43.5. The van der Waals surface area contributed by atoms with E-state index in [0.29, 0.717) is 36.4 Å². The third-order valence-electron chi connectivity index (χ3n) is 8.95. The average molecular weight is 486 g/mol. The molecule has 1 N–H and O–H groups in total. The Labute approximate surface area is 213 Å². The second-order valence-corrected chi connectivity index (χ2v) is 11.7. The Kier molecular flexibility index (Phi) is 5.85. The van der Waals surface area contributed by atoms with Crippen molar-refractivity contribution in [2.24, 2.45) is 17.8 Å². The van der Waals surface area contributed by atoms with Gasteiger partial charge in [0.2, 0.25) is 5.91 Å². The van der Waals surface area contributed by atoms with Crippen LogP contribution in [0, 0.1) is 24.7 Å². The molecule has 4 bridgehead atoms. The molecule has 36 heavy (non-hydrogen) atoms. The molecule has 0 radical (unpaired) electrons. The number of benzene rings is 2. The minimum absolute atomic E-state index is 0.0236. The van der Waals surface area contributed by atoms with Gasteiger partial charge in [0.05, 0.1) is 12.1 Å². The molecular weight excluding hydrogens is 450 g/mol. The molecule has 4 amide bonds.